The zero-order valence-electron chi connectivity index (χ0n) is 12.1. The first-order valence-electron chi connectivity index (χ1n) is 6.57. The second-order valence-corrected chi connectivity index (χ2v) is 4.80. The molecule has 0 fully saturated rings. The second-order valence-electron chi connectivity index (χ2n) is 4.80. The Kier molecular flexibility index (Phi) is 5.55. The molecular formula is C15H22N2O2. The van der Waals surface area contributed by atoms with Crippen LogP contribution in [0.3, 0.4) is 0 Å². The summed E-state index contributed by atoms with van der Waals surface area (Å²) in [5.74, 6) is -0.257. The number of amides is 2. The summed E-state index contributed by atoms with van der Waals surface area (Å²) in [6.07, 6.45) is 0.884. The van der Waals surface area contributed by atoms with Crippen molar-refractivity contribution in [2.24, 2.45) is 0 Å². The predicted octanol–water partition coefficient (Wildman–Crippen LogP) is 2.18. The summed E-state index contributed by atoms with van der Waals surface area (Å²) >= 11 is 0. The van der Waals surface area contributed by atoms with E-state index in [1.807, 2.05) is 39.0 Å². The predicted molar refractivity (Wildman–Crippen MR) is 77.2 cm³/mol. The Morgan fingerprint density at radius 3 is 2.21 bits per heavy atom. The number of nitrogens with one attached hydrogen (secondary N) is 1. The fraction of sp³-hybridized carbons (Fsp3) is 0.467. The zero-order valence-corrected chi connectivity index (χ0v) is 12.1. The molecule has 19 heavy (non-hydrogen) atoms. The van der Waals surface area contributed by atoms with Crippen LogP contribution in [-0.4, -0.2) is 24.9 Å². The summed E-state index contributed by atoms with van der Waals surface area (Å²) in [5, 5.41) is 2.78. The summed E-state index contributed by atoms with van der Waals surface area (Å²) in [5.41, 5.74) is 2.93. The van der Waals surface area contributed by atoms with Crippen molar-refractivity contribution in [2.75, 3.05) is 18.0 Å². The van der Waals surface area contributed by atoms with Crippen molar-refractivity contribution in [3.8, 4) is 0 Å². The van der Waals surface area contributed by atoms with Crippen LogP contribution in [0.4, 0.5) is 5.69 Å². The summed E-state index contributed by atoms with van der Waals surface area (Å²) in [6.45, 7) is 8.13. The highest BCUT2D eigenvalue weighted by Gasteiger charge is 2.15. The van der Waals surface area contributed by atoms with Gasteiger partial charge in [0, 0.05) is 19.2 Å². The zero-order chi connectivity index (χ0) is 14.4. The van der Waals surface area contributed by atoms with Crippen molar-refractivity contribution in [1.29, 1.82) is 0 Å². The number of anilines is 1. The maximum atomic E-state index is 11.8. The Balaban J connectivity index is 2.88. The number of aryl methyl sites for hydroxylation is 2. The molecule has 0 aliphatic carbocycles. The molecule has 4 heteroatoms. The molecular weight excluding hydrogens is 240 g/mol. The van der Waals surface area contributed by atoms with E-state index in [0.717, 1.165) is 23.2 Å². The first-order chi connectivity index (χ1) is 8.93. The number of carbonyl (C=O) groups is 2. The van der Waals surface area contributed by atoms with Gasteiger partial charge in [-0.05, 0) is 43.5 Å². The fourth-order valence-corrected chi connectivity index (χ4v) is 1.95. The van der Waals surface area contributed by atoms with Gasteiger partial charge in [-0.1, -0.05) is 13.0 Å². The molecule has 4 nitrogen and oxygen atoms in total. The van der Waals surface area contributed by atoms with Crippen LogP contribution in [0, 0.1) is 13.8 Å². The lowest BCUT2D eigenvalue weighted by Crippen LogP contribution is -2.40. The quantitative estimate of drug-likeness (QED) is 0.884. The van der Waals surface area contributed by atoms with Gasteiger partial charge in [0.15, 0.2) is 0 Å². The van der Waals surface area contributed by atoms with E-state index >= 15 is 0 Å². The maximum Gasteiger partial charge on any atom is 0.240 e. The summed E-state index contributed by atoms with van der Waals surface area (Å²) in [6, 6.07) is 5.88. The van der Waals surface area contributed by atoms with E-state index in [1.54, 1.807) is 0 Å². The maximum absolute atomic E-state index is 11.8. The average Bonchev–Trinajstić information content (AvgIpc) is 2.31. The molecule has 0 aliphatic rings. The number of hydrogen-bond acceptors (Lipinski definition) is 2. The molecule has 1 aromatic rings. The van der Waals surface area contributed by atoms with E-state index in [9.17, 15) is 9.59 Å². The molecule has 0 saturated heterocycles. The third kappa shape index (κ3) is 4.73. The lowest BCUT2D eigenvalue weighted by Gasteiger charge is -2.21. The molecule has 0 aromatic heterocycles. The highest BCUT2D eigenvalue weighted by atomic mass is 16.2. The Bertz CT molecular complexity index is 449. The second kappa shape index (κ2) is 6.92. The molecule has 1 N–H and O–H groups in total. The van der Waals surface area contributed by atoms with Crippen molar-refractivity contribution >= 4 is 17.5 Å². The Labute approximate surface area is 114 Å². The molecule has 0 aliphatic heterocycles. The van der Waals surface area contributed by atoms with Crippen molar-refractivity contribution in [3.63, 3.8) is 0 Å². The normalized spacial score (nSPS) is 10.1. The highest BCUT2D eigenvalue weighted by molar-refractivity contribution is 5.97. The van der Waals surface area contributed by atoms with Gasteiger partial charge < -0.3 is 10.2 Å². The minimum Gasteiger partial charge on any atom is -0.355 e. The van der Waals surface area contributed by atoms with Crippen LogP contribution in [0.15, 0.2) is 18.2 Å². The van der Waals surface area contributed by atoms with Crippen LogP contribution in [-0.2, 0) is 9.59 Å². The van der Waals surface area contributed by atoms with E-state index in [0.29, 0.717) is 6.54 Å². The monoisotopic (exact) mass is 262 g/mol. The molecule has 0 bridgehead atoms. The van der Waals surface area contributed by atoms with Crippen molar-refractivity contribution in [1.82, 2.24) is 5.32 Å². The van der Waals surface area contributed by atoms with Gasteiger partial charge in [-0.3, -0.25) is 9.59 Å². The molecule has 1 aromatic carbocycles. The smallest absolute Gasteiger partial charge is 0.240 e. The number of benzene rings is 1. The van der Waals surface area contributed by atoms with E-state index < -0.39 is 0 Å². The van der Waals surface area contributed by atoms with Gasteiger partial charge in [0.1, 0.15) is 6.54 Å². The number of carbonyl (C=O) groups excluding carboxylic acids is 2. The van der Waals surface area contributed by atoms with Crippen LogP contribution in [0.2, 0.25) is 0 Å². The van der Waals surface area contributed by atoms with E-state index in [1.165, 1.54) is 11.8 Å². The number of nitrogens with zero attached hydrogens (tertiary/aromatic N) is 1. The molecule has 104 valence electrons. The van der Waals surface area contributed by atoms with Gasteiger partial charge in [0.25, 0.3) is 0 Å². The Morgan fingerprint density at radius 2 is 1.74 bits per heavy atom. The molecule has 0 saturated carbocycles. The standard InChI is InChI=1S/C15H22N2O2/c1-5-6-16-15(19)10-17(13(4)18)14-8-11(2)7-12(3)9-14/h7-9H,5-6,10H2,1-4H3,(H,16,19). The third-order valence-corrected chi connectivity index (χ3v) is 2.77. The fourth-order valence-electron chi connectivity index (χ4n) is 1.95. The van der Waals surface area contributed by atoms with Gasteiger partial charge in [-0.25, -0.2) is 0 Å². The molecule has 2 amide bonds. The van der Waals surface area contributed by atoms with Gasteiger partial charge in [-0.2, -0.15) is 0 Å². The van der Waals surface area contributed by atoms with Gasteiger partial charge in [-0.15, -0.1) is 0 Å². The SMILES string of the molecule is CCCNC(=O)CN(C(C)=O)c1cc(C)cc(C)c1. The van der Waals surface area contributed by atoms with Gasteiger partial charge in [0.2, 0.25) is 11.8 Å². The summed E-state index contributed by atoms with van der Waals surface area (Å²) < 4.78 is 0. The Hall–Kier alpha value is -1.84. The summed E-state index contributed by atoms with van der Waals surface area (Å²) in [7, 11) is 0. The lowest BCUT2D eigenvalue weighted by molar-refractivity contribution is -0.123. The molecule has 0 atom stereocenters. The van der Waals surface area contributed by atoms with Crippen LogP contribution < -0.4 is 10.2 Å². The highest BCUT2D eigenvalue weighted by Crippen LogP contribution is 2.18. The van der Waals surface area contributed by atoms with Crippen LogP contribution in [0.5, 0.6) is 0 Å². The molecule has 0 spiro atoms. The summed E-state index contributed by atoms with van der Waals surface area (Å²) in [4.78, 5) is 25.0. The van der Waals surface area contributed by atoms with E-state index in [-0.39, 0.29) is 18.4 Å². The molecule has 1 rings (SSSR count). The topological polar surface area (TPSA) is 49.4 Å². The first kappa shape index (κ1) is 15.2. The molecule has 0 unspecified atom stereocenters. The van der Waals surface area contributed by atoms with E-state index in [2.05, 4.69) is 5.32 Å². The van der Waals surface area contributed by atoms with Gasteiger partial charge in [0.05, 0.1) is 0 Å². The van der Waals surface area contributed by atoms with Crippen molar-refractivity contribution in [3.05, 3.63) is 29.3 Å². The average molecular weight is 262 g/mol. The largest absolute Gasteiger partial charge is 0.355 e. The molecule has 0 radical (unpaired) electrons. The first-order valence-corrected chi connectivity index (χ1v) is 6.57. The lowest BCUT2D eigenvalue weighted by atomic mass is 10.1. The minimum atomic E-state index is -0.129. The Morgan fingerprint density at radius 1 is 1.16 bits per heavy atom. The van der Waals surface area contributed by atoms with Crippen molar-refractivity contribution in [2.45, 2.75) is 34.1 Å². The van der Waals surface area contributed by atoms with Crippen molar-refractivity contribution < 1.29 is 9.59 Å². The number of rotatable bonds is 5. The van der Waals surface area contributed by atoms with Crippen LogP contribution >= 0.6 is 0 Å². The third-order valence-electron chi connectivity index (χ3n) is 2.77. The van der Waals surface area contributed by atoms with Crippen LogP contribution in [0.1, 0.15) is 31.4 Å². The van der Waals surface area contributed by atoms with Crippen LogP contribution in [0.25, 0.3) is 0 Å². The minimum absolute atomic E-state index is 0.0677. The number of hydrogen-bond donors (Lipinski definition) is 1. The molecule has 0 heterocycles. The van der Waals surface area contributed by atoms with E-state index in [4.69, 9.17) is 0 Å². The van der Waals surface area contributed by atoms with Gasteiger partial charge >= 0.3 is 0 Å².